The number of carbonyl (C=O) groups excluding carboxylic acids is 1. The SMILES string of the molecule is COCC(C)OC(=O)c1c(N)cnn1C. The zero-order valence-electron chi connectivity index (χ0n) is 9.06. The Hall–Kier alpha value is -1.56. The highest BCUT2D eigenvalue weighted by molar-refractivity contribution is 5.93. The van der Waals surface area contributed by atoms with Gasteiger partial charge in [0.25, 0.3) is 0 Å². The fraction of sp³-hybridized carbons (Fsp3) is 0.556. The van der Waals surface area contributed by atoms with Crippen molar-refractivity contribution < 1.29 is 14.3 Å². The second-order valence-electron chi connectivity index (χ2n) is 3.24. The molecule has 15 heavy (non-hydrogen) atoms. The largest absolute Gasteiger partial charge is 0.455 e. The molecule has 1 rings (SSSR count). The van der Waals surface area contributed by atoms with Gasteiger partial charge in [-0.3, -0.25) is 4.68 Å². The number of ether oxygens (including phenoxy) is 2. The predicted octanol–water partition coefficient (Wildman–Crippen LogP) is 0.194. The second-order valence-corrected chi connectivity index (χ2v) is 3.24. The van der Waals surface area contributed by atoms with E-state index >= 15 is 0 Å². The summed E-state index contributed by atoms with van der Waals surface area (Å²) < 4.78 is 11.3. The van der Waals surface area contributed by atoms with Gasteiger partial charge in [0, 0.05) is 14.2 Å². The first-order valence-corrected chi connectivity index (χ1v) is 4.53. The number of aryl methyl sites for hydroxylation is 1. The standard InChI is InChI=1S/C9H15N3O3/c1-6(5-14-3)15-9(13)8-7(10)4-11-12(8)2/h4,6H,5,10H2,1-3H3. The molecule has 6 nitrogen and oxygen atoms in total. The molecule has 84 valence electrons. The monoisotopic (exact) mass is 213 g/mol. The van der Waals surface area contributed by atoms with E-state index in [1.807, 2.05) is 0 Å². The van der Waals surface area contributed by atoms with Crippen molar-refractivity contribution in [3.8, 4) is 0 Å². The predicted molar refractivity (Wildman–Crippen MR) is 54.4 cm³/mol. The van der Waals surface area contributed by atoms with Crippen LogP contribution in [0, 0.1) is 0 Å². The van der Waals surface area contributed by atoms with Crippen LogP contribution in [0.3, 0.4) is 0 Å². The van der Waals surface area contributed by atoms with Gasteiger partial charge in [-0.25, -0.2) is 4.79 Å². The Morgan fingerprint density at radius 2 is 2.40 bits per heavy atom. The van der Waals surface area contributed by atoms with E-state index in [-0.39, 0.29) is 11.8 Å². The molecule has 0 bridgehead atoms. The molecule has 0 aliphatic rings. The lowest BCUT2D eigenvalue weighted by Crippen LogP contribution is -2.22. The van der Waals surface area contributed by atoms with Gasteiger partial charge in [-0.2, -0.15) is 5.10 Å². The number of hydrogen-bond donors (Lipinski definition) is 1. The number of carbonyl (C=O) groups is 1. The van der Waals surface area contributed by atoms with Gasteiger partial charge in [0.15, 0.2) is 5.69 Å². The van der Waals surface area contributed by atoms with Crippen LogP contribution < -0.4 is 5.73 Å². The Morgan fingerprint density at radius 1 is 1.73 bits per heavy atom. The third-order valence-electron chi connectivity index (χ3n) is 1.87. The molecule has 6 heteroatoms. The Morgan fingerprint density at radius 3 is 2.87 bits per heavy atom. The van der Waals surface area contributed by atoms with Crippen LogP contribution in [-0.4, -0.2) is 35.6 Å². The first kappa shape index (κ1) is 11.5. The summed E-state index contributed by atoms with van der Waals surface area (Å²) in [4.78, 5) is 11.6. The molecule has 2 N–H and O–H groups in total. The van der Waals surface area contributed by atoms with Crippen LogP contribution in [0.1, 0.15) is 17.4 Å². The van der Waals surface area contributed by atoms with Crippen molar-refractivity contribution >= 4 is 11.7 Å². The lowest BCUT2D eigenvalue weighted by Gasteiger charge is -2.12. The molecular formula is C9H15N3O3. The van der Waals surface area contributed by atoms with Crippen LogP contribution in [0.5, 0.6) is 0 Å². The normalized spacial score (nSPS) is 12.5. The highest BCUT2D eigenvalue weighted by Crippen LogP contribution is 2.11. The van der Waals surface area contributed by atoms with Crippen molar-refractivity contribution in [3.63, 3.8) is 0 Å². The van der Waals surface area contributed by atoms with Crippen LogP contribution in [0.15, 0.2) is 6.20 Å². The van der Waals surface area contributed by atoms with Crippen molar-refractivity contribution in [3.05, 3.63) is 11.9 Å². The van der Waals surface area contributed by atoms with E-state index in [0.717, 1.165) is 0 Å². The molecule has 0 amide bonds. The molecule has 1 atom stereocenters. The number of anilines is 1. The third kappa shape index (κ3) is 2.69. The zero-order valence-corrected chi connectivity index (χ0v) is 9.06. The summed E-state index contributed by atoms with van der Waals surface area (Å²) in [7, 11) is 3.18. The van der Waals surface area contributed by atoms with Gasteiger partial charge in [0.2, 0.25) is 0 Å². The Kier molecular flexibility index (Phi) is 3.68. The quantitative estimate of drug-likeness (QED) is 0.722. The van der Waals surface area contributed by atoms with Gasteiger partial charge in [-0.1, -0.05) is 0 Å². The maximum Gasteiger partial charge on any atom is 0.359 e. The van der Waals surface area contributed by atoms with Gasteiger partial charge < -0.3 is 15.2 Å². The molecule has 0 radical (unpaired) electrons. The number of methoxy groups -OCH3 is 1. The summed E-state index contributed by atoms with van der Waals surface area (Å²) in [5.41, 5.74) is 6.15. The van der Waals surface area contributed by atoms with Gasteiger partial charge >= 0.3 is 5.97 Å². The van der Waals surface area contributed by atoms with Crippen molar-refractivity contribution in [2.24, 2.45) is 7.05 Å². The number of nitrogen functional groups attached to an aromatic ring is 1. The average Bonchev–Trinajstić information content (AvgIpc) is 2.46. The summed E-state index contributed by atoms with van der Waals surface area (Å²) in [6.45, 7) is 2.09. The molecule has 0 aliphatic carbocycles. The first-order valence-electron chi connectivity index (χ1n) is 4.53. The van der Waals surface area contributed by atoms with Gasteiger partial charge in [0.1, 0.15) is 6.10 Å². The number of nitrogens with zero attached hydrogens (tertiary/aromatic N) is 2. The molecule has 1 unspecified atom stereocenters. The van der Waals surface area contributed by atoms with Crippen LogP contribution >= 0.6 is 0 Å². The molecule has 0 saturated carbocycles. The van der Waals surface area contributed by atoms with E-state index in [4.69, 9.17) is 15.2 Å². The highest BCUT2D eigenvalue weighted by Gasteiger charge is 2.18. The maximum atomic E-state index is 11.6. The topological polar surface area (TPSA) is 79.4 Å². The average molecular weight is 213 g/mol. The Balaban J connectivity index is 2.69. The van der Waals surface area contributed by atoms with E-state index in [1.165, 1.54) is 10.9 Å². The van der Waals surface area contributed by atoms with Crippen LogP contribution in [0.25, 0.3) is 0 Å². The van der Waals surface area contributed by atoms with E-state index in [1.54, 1.807) is 21.1 Å². The number of aromatic nitrogens is 2. The minimum absolute atomic E-state index is 0.262. The van der Waals surface area contributed by atoms with Crippen LogP contribution in [0.4, 0.5) is 5.69 Å². The first-order chi connectivity index (χ1) is 7.06. The number of rotatable bonds is 4. The van der Waals surface area contributed by atoms with Gasteiger partial charge in [-0.15, -0.1) is 0 Å². The van der Waals surface area contributed by atoms with E-state index < -0.39 is 5.97 Å². The van der Waals surface area contributed by atoms with E-state index in [2.05, 4.69) is 5.10 Å². The Bertz CT molecular complexity index is 329. The fourth-order valence-corrected chi connectivity index (χ4v) is 1.21. The molecule has 0 saturated heterocycles. The maximum absolute atomic E-state index is 11.6. The molecule has 0 fully saturated rings. The minimum Gasteiger partial charge on any atom is -0.455 e. The smallest absolute Gasteiger partial charge is 0.359 e. The summed E-state index contributed by atoms with van der Waals surface area (Å²) in [5.74, 6) is -0.489. The molecule has 1 heterocycles. The fourth-order valence-electron chi connectivity index (χ4n) is 1.21. The summed E-state index contributed by atoms with van der Waals surface area (Å²) in [5, 5.41) is 3.85. The number of hydrogen-bond acceptors (Lipinski definition) is 5. The number of nitrogens with two attached hydrogens (primary N) is 1. The summed E-state index contributed by atoms with van der Waals surface area (Å²) in [6, 6.07) is 0. The second kappa shape index (κ2) is 4.79. The van der Waals surface area contributed by atoms with Gasteiger partial charge in [-0.05, 0) is 6.92 Å². The van der Waals surface area contributed by atoms with Crippen LogP contribution in [-0.2, 0) is 16.5 Å². The minimum atomic E-state index is -0.489. The van der Waals surface area contributed by atoms with Crippen LogP contribution in [0.2, 0.25) is 0 Å². The van der Waals surface area contributed by atoms with E-state index in [9.17, 15) is 4.79 Å². The van der Waals surface area contributed by atoms with E-state index in [0.29, 0.717) is 12.3 Å². The number of esters is 1. The molecule has 0 aliphatic heterocycles. The molecule has 1 aromatic rings. The van der Waals surface area contributed by atoms with Crippen molar-refractivity contribution in [2.45, 2.75) is 13.0 Å². The van der Waals surface area contributed by atoms with Crippen molar-refractivity contribution in [2.75, 3.05) is 19.5 Å². The Labute approximate surface area is 88.0 Å². The zero-order chi connectivity index (χ0) is 11.4. The summed E-state index contributed by atoms with van der Waals surface area (Å²) in [6.07, 6.45) is 1.11. The summed E-state index contributed by atoms with van der Waals surface area (Å²) >= 11 is 0. The molecule has 0 spiro atoms. The van der Waals surface area contributed by atoms with Gasteiger partial charge in [0.05, 0.1) is 18.5 Å². The van der Waals surface area contributed by atoms with Crippen molar-refractivity contribution in [1.82, 2.24) is 9.78 Å². The lowest BCUT2D eigenvalue weighted by molar-refractivity contribution is 0.0111. The highest BCUT2D eigenvalue weighted by atomic mass is 16.6. The van der Waals surface area contributed by atoms with Crippen molar-refractivity contribution in [1.29, 1.82) is 0 Å². The lowest BCUT2D eigenvalue weighted by atomic mass is 10.3. The molecule has 1 aromatic heterocycles. The third-order valence-corrected chi connectivity index (χ3v) is 1.87. The molecular weight excluding hydrogens is 198 g/mol. The molecule has 0 aromatic carbocycles.